The zero-order chi connectivity index (χ0) is 25.0. The molecule has 0 heterocycles. The van der Waals surface area contributed by atoms with E-state index in [2.05, 4.69) is 137 Å². The Bertz CT molecular complexity index is 1130. The first kappa shape index (κ1) is 25.7. The van der Waals surface area contributed by atoms with Crippen LogP contribution >= 0.6 is 17.2 Å². The van der Waals surface area contributed by atoms with E-state index >= 15 is 0 Å². The molecular formula is C33H38ClP. The Morgan fingerprint density at radius 3 is 1.71 bits per heavy atom. The van der Waals surface area contributed by atoms with Crippen molar-refractivity contribution >= 4 is 33.1 Å². The maximum atomic E-state index is 8.19. The van der Waals surface area contributed by atoms with Crippen LogP contribution in [-0.2, 0) is 0 Å². The fourth-order valence-electron chi connectivity index (χ4n) is 5.59. The number of rotatable bonds is 7. The predicted octanol–water partition coefficient (Wildman–Crippen LogP) is 8.70. The topological polar surface area (TPSA) is 0 Å². The van der Waals surface area contributed by atoms with E-state index in [0.717, 1.165) is 6.16 Å². The van der Waals surface area contributed by atoms with Gasteiger partial charge in [-0.2, -0.15) is 0 Å². The Hall–Kier alpha value is -2.40. The quantitative estimate of drug-likeness (QED) is 0.225. The average molecular weight is 501 g/mol. The van der Waals surface area contributed by atoms with Crippen molar-refractivity contribution < 1.29 is 0 Å². The van der Waals surface area contributed by atoms with Gasteiger partial charge in [-0.25, -0.2) is 0 Å². The van der Waals surface area contributed by atoms with Crippen LogP contribution in [0.3, 0.4) is 0 Å². The van der Waals surface area contributed by atoms with E-state index in [-0.39, 0.29) is 5.41 Å². The van der Waals surface area contributed by atoms with E-state index in [1.54, 1.807) is 0 Å². The fourth-order valence-corrected chi connectivity index (χ4v) is 11.3. The molecule has 2 heteroatoms. The van der Waals surface area contributed by atoms with E-state index in [9.17, 15) is 0 Å². The molecule has 1 aliphatic carbocycles. The second-order valence-electron chi connectivity index (χ2n) is 10.6. The first-order valence-corrected chi connectivity index (χ1v) is 16.0. The van der Waals surface area contributed by atoms with Crippen molar-refractivity contribution in [1.82, 2.24) is 0 Å². The zero-order valence-corrected chi connectivity index (χ0v) is 23.2. The molecule has 3 aromatic rings. The Morgan fingerprint density at radius 2 is 1.29 bits per heavy atom. The summed E-state index contributed by atoms with van der Waals surface area (Å²) < 4.78 is 0. The van der Waals surface area contributed by atoms with E-state index in [1.165, 1.54) is 51.9 Å². The predicted molar refractivity (Wildman–Crippen MR) is 159 cm³/mol. The van der Waals surface area contributed by atoms with Crippen molar-refractivity contribution in [3.63, 3.8) is 0 Å². The Kier molecular flexibility index (Phi) is 7.56. The number of benzene rings is 3. The molecule has 0 saturated heterocycles. The van der Waals surface area contributed by atoms with Crippen LogP contribution in [0.25, 0.3) is 0 Å². The van der Waals surface area contributed by atoms with Gasteiger partial charge in [0.25, 0.3) is 0 Å². The van der Waals surface area contributed by atoms with Crippen molar-refractivity contribution in [2.24, 2.45) is 5.41 Å². The van der Waals surface area contributed by atoms with Crippen molar-refractivity contribution in [3.8, 4) is 0 Å². The molecule has 0 atom stereocenters. The van der Waals surface area contributed by atoms with Gasteiger partial charge < -0.3 is 0 Å². The second kappa shape index (κ2) is 10.3. The summed E-state index contributed by atoms with van der Waals surface area (Å²) in [5, 5.41) is 3.62. The monoisotopic (exact) mass is 500 g/mol. The molecule has 0 nitrogen and oxygen atoms in total. The SMILES string of the molecule is CC1=C(/C=C/C(C)=C/CP(Cl)(c2ccccc2)(c2ccccc2)c2ccccc2)C(C)(C)CCC1. The second-order valence-corrected chi connectivity index (χ2v) is 17.1. The molecule has 0 amide bonds. The summed E-state index contributed by atoms with van der Waals surface area (Å²) in [6.07, 6.45) is 11.5. The molecule has 4 rings (SSSR count). The van der Waals surface area contributed by atoms with Crippen LogP contribution in [0.15, 0.2) is 126 Å². The minimum atomic E-state index is -3.26. The van der Waals surface area contributed by atoms with Gasteiger partial charge in [0.1, 0.15) is 0 Å². The minimum absolute atomic E-state index is 0.239. The number of hydrogen-bond acceptors (Lipinski definition) is 0. The molecule has 0 aromatic heterocycles. The maximum absolute atomic E-state index is 8.19. The third kappa shape index (κ3) is 4.97. The van der Waals surface area contributed by atoms with Gasteiger partial charge in [-0.15, -0.1) is 0 Å². The first-order chi connectivity index (χ1) is 16.8. The number of hydrogen-bond donors (Lipinski definition) is 0. The van der Waals surface area contributed by atoms with Gasteiger partial charge in [0.2, 0.25) is 0 Å². The molecule has 35 heavy (non-hydrogen) atoms. The third-order valence-electron chi connectivity index (χ3n) is 7.70. The molecule has 0 bridgehead atoms. The van der Waals surface area contributed by atoms with Gasteiger partial charge in [0, 0.05) is 0 Å². The molecule has 3 aromatic carbocycles. The summed E-state index contributed by atoms with van der Waals surface area (Å²) >= 11 is 8.19. The van der Waals surface area contributed by atoms with Crippen LogP contribution in [0.4, 0.5) is 0 Å². The standard InChI is InChI=1S/C33H38ClP/c1-27(22-23-32-28(2)15-14-25-33(32,3)4)24-26-35(34,29-16-8-5-9-17-29,30-18-10-6-11-19-30)31-20-12-7-13-21-31/h5-13,16-24H,14-15,25-26H2,1-4H3/b23-22+,27-24+. The van der Waals surface area contributed by atoms with Gasteiger partial charge >= 0.3 is 218 Å². The van der Waals surface area contributed by atoms with Gasteiger partial charge in [0.05, 0.1) is 0 Å². The molecule has 0 unspecified atom stereocenters. The summed E-state index contributed by atoms with van der Waals surface area (Å²) in [7, 11) is 0. The Morgan fingerprint density at radius 1 is 0.829 bits per heavy atom. The first-order valence-electron chi connectivity index (χ1n) is 12.7. The summed E-state index contributed by atoms with van der Waals surface area (Å²) in [5.41, 5.74) is 4.52. The molecule has 0 saturated carbocycles. The van der Waals surface area contributed by atoms with Gasteiger partial charge in [0.15, 0.2) is 0 Å². The molecule has 0 spiro atoms. The molecule has 0 N–H and O–H groups in total. The van der Waals surface area contributed by atoms with Crippen LogP contribution in [0, 0.1) is 5.41 Å². The number of allylic oxidation sites excluding steroid dienone is 6. The molecule has 182 valence electrons. The normalized spacial score (nSPS) is 17.9. The van der Waals surface area contributed by atoms with Crippen LogP contribution < -0.4 is 15.9 Å². The van der Waals surface area contributed by atoms with Crippen molar-refractivity contribution in [1.29, 1.82) is 0 Å². The number of halogens is 1. The van der Waals surface area contributed by atoms with Crippen LogP contribution in [0.5, 0.6) is 0 Å². The van der Waals surface area contributed by atoms with Gasteiger partial charge in [-0.1, -0.05) is 0 Å². The van der Waals surface area contributed by atoms with Crippen LogP contribution in [0.2, 0.25) is 0 Å². The zero-order valence-electron chi connectivity index (χ0n) is 21.5. The van der Waals surface area contributed by atoms with Crippen LogP contribution in [0.1, 0.15) is 47.0 Å². The molecule has 0 radical (unpaired) electrons. The van der Waals surface area contributed by atoms with Crippen LogP contribution in [-0.4, -0.2) is 6.16 Å². The summed E-state index contributed by atoms with van der Waals surface area (Å²) in [6.45, 7) is 9.26. The summed E-state index contributed by atoms with van der Waals surface area (Å²) in [4.78, 5) is 0. The van der Waals surface area contributed by atoms with E-state index in [0.29, 0.717) is 0 Å². The molecular weight excluding hydrogens is 463 g/mol. The van der Waals surface area contributed by atoms with E-state index in [4.69, 9.17) is 11.2 Å². The fraction of sp³-hybridized carbons (Fsp3) is 0.273. The van der Waals surface area contributed by atoms with E-state index in [1.807, 2.05) is 0 Å². The Labute approximate surface area is 217 Å². The van der Waals surface area contributed by atoms with Gasteiger partial charge in [-0.3, -0.25) is 0 Å². The molecule has 1 aliphatic rings. The molecule has 0 aliphatic heterocycles. The Balaban J connectivity index is 1.84. The van der Waals surface area contributed by atoms with E-state index < -0.39 is 5.96 Å². The van der Waals surface area contributed by atoms with Crippen molar-refractivity contribution in [3.05, 3.63) is 126 Å². The third-order valence-corrected chi connectivity index (χ3v) is 14.9. The summed E-state index contributed by atoms with van der Waals surface area (Å²) in [6, 6.07) is 32.2. The van der Waals surface area contributed by atoms with Crippen molar-refractivity contribution in [2.45, 2.75) is 47.0 Å². The van der Waals surface area contributed by atoms with Crippen molar-refractivity contribution in [2.75, 3.05) is 6.16 Å². The average Bonchev–Trinajstić information content (AvgIpc) is 2.88. The molecule has 0 fully saturated rings. The van der Waals surface area contributed by atoms with Gasteiger partial charge in [-0.05, 0) is 0 Å². The summed E-state index contributed by atoms with van der Waals surface area (Å²) in [5.74, 6) is -3.26.